The van der Waals surface area contributed by atoms with E-state index in [1.165, 1.54) is 12.1 Å². The van der Waals surface area contributed by atoms with Crippen LogP contribution < -0.4 is 28.5 Å². The van der Waals surface area contributed by atoms with Gasteiger partial charge in [-0.1, -0.05) is 0 Å². The van der Waals surface area contributed by atoms with Gasteiger partial charge in [0.05, 0.1) is 4.92 Å². The van der Waals surface area contributed by atoms with E-state index in [1.54, 1.807) is 12.1 Å². The van der Waals surface area contributed by atoms with Crippen molar-refractivity contribution in [2.75, 3.05) is 0 Å². The molecule has 19 heavy (non-hydrogen) atoms. The molecule has 0 aliphatic rings. The first-order valence-corrected chi connectivity index (χ1v) is 5.54. The van der Waals surface area contributed by atoms with Gasteiger partial charge in [-0.25, -0.2) is 4.57 Å². The van der Waals surface area contributed by atoms with E-state index in [0.717, 1.165) is 11.3 Å². The molecule has 0 amide bonds. The Kier molecular flexibility index (Phi) is 5.62. The first-order valence-electron chi connectivity index (χ1n) is 5.54. The van der Waals surface area contributed by atoms with Gasteiger partial charge in [-0.2, -0.15) is 0 Å². The van der Waals surface area contributed by atoms with Crippen molar-refractivity contribution >= 4 is 17.8 Å². The Hall–Kier alpha value is -1.76. The van der Waals surface area contributed by atoms with Crippen molar-refractivity contribution < 1.29 is 33.5 Å². The van der Waals surface area contributed by atoms with Crippen molar-refractivity contribution in [1.82, 2.24) is 0 Å². The van der Waals surface area contributed by atoms with Crippen LogP contribution in [0, 0.1) is 10.1 Å². The highest BCUT2D eigenvalue weighted by Crippen LogP contribution is 2.13. The average molecular weight is 368 g/mol. The summed E-state index contributed by atoms with van der Waals surface area (Å²) < 4.78 is 2.00. The fourth-order valence-electron chi connectivity index (χ4n) is 1.60. The number of benzene rings is 1. The maximum Gasteiger partial charge on any atom is 0.269 e. The molecule has 0 spiro atoms. The second-order valence-electron chi connectivity index (χ2n) is 3.92. The lowest BCUT2D eigenvalue weighted by atomic mass is 10.2. The van der Waals surface area contributed by atoms with Gasteiger partial charge in [-0.05, 0) is 29.8 Å². The lowest BCUT2D eigenvalue weighted by molar-refractivity contribution is -0.673. The van der Waals surface area contributed by atoms with Crippen LogP contribution in [0.1, 0.15) is 11.3 Å². The molecule has 5 heteroatoms. The summed E-state index contributed by atoms with van der Waals surface area (Å²) >= 11 is 0. The molecular formula is C14H13IN2O2. The van der Waals surface area contributed by atoms with Crippen LogP contribution in [0.5, 0.6) is 0 Å². The zero-order valence-corrected chi connectivity index (χ0v) is 12.5. The van der Waals surface area contributed by atoms with Crippen molar-refractivity contribution in [3.63, 3.8) is 0 Å². The first kappa shape index (κ1) is 15.3. The van der Waals surface area contributed by atoms with Crippen LogP contribution in [-0.2, 0) is 7.05 Å². The molecule has 2 rings (SSSR count). The number of aryl methyl sites for hydroxylation is 1. The number of hydrogen-bond acceptors (Lipinski definition) is 2. The van der Waals surface area contributed by atoms with E-state index in [2.05, 4.69) is 0 Å². The van der Waals surface area contributed by atoms with Gasteiger partial charge in [0.25, 0.3) is 5.69 Å². The minimum absolute atomic E-state index is 0. The Balaban J connectivity index is 0.00000180. The molecule has 2 aromatic rings. The number of pyridine rings is 1. The maximum atomic E-state index is 10.5. The van der Waals surface area contributed by atoms with Gasteiger partial charge in [0.1, 0.15) is 7.05 Å². The van der Waals surface area contributed by atoms with E-state index in [9.17, 15) is 10.1 Å². The molecule has 0 saturated heterocycles. The number of hydrogen-bond donors (Lipinski definition) is 0. The van der Waals surface area contributed by atoms with Crippen molar-refractivity contribution in [2.45, 2.75) is 0 Å². The van der Waals surface area contributed by atoms with Gasteiger partial charge in [-0.15, -0.1) is 0 Å². The molecule has 0 atom stereocenters. The van der Waals surface area contributed by atoms with Gasteiger partial charge < -0.3 is 24.0 Å². The van der Waals surface area contributed by atoms with Crippen LogP contribution in [-0.4, -0.2) is 4.92 Å². The summed E-state index contributed by atoms with van der Waals surface area (Å²) in [7, 11) is 1.97. The number of nitrogens with zero attached hydrogens (tertiary/aromatic N) is 2. The monoisotopic (exact) mass is 368 g/mol. The summed E-state index contributed by atoms with van der Waals surface area (Å²) in [5.41, 5.74) is 2.11. The van der Waals surface area contributed by atoms with Crippen LogP contribution in [0.15, 0.2) is 48.7 Å². The Morgan fingerprint density at radius 2 is 1.79 bits per heavy atom. The molecule has 0 bridgehead atoms. The summed E-state index contributed by atoms with van der Waals surface area (Å²) in [6.07, 6.45) is 5.87. The smallest absolute Gasteiger partial charge is 0.269 e. The zero-order valence-electron chi connectivity index (χ0n) is 10.4. The standard InChI is InChI=1S/C14H13N2O2.HI/c1-15-11-3-2-4-13(15)8-5-12-6-9-14(10-7-12)16(17)18;/h2-11H,1H3;1H/q+1;/p-1/b8-5+;. The first-order chi connectivity index (χ1) is 8.66. The fourth-order valence-corrected chi connectivity index (χ4v) is 1.60. The van der Waals surface area contributed by atoms with E-state index in [4.69, 9.17) is 0 Å². The van der Waals surface area contributed by atoms with Gasteiger partial charge in [0.2, 0.25) is 5.69 Å². The normalized spacial score (nSPS) is 10.2. The summed E-state index contributed by atoms with van der Waals surface area (Å²) in [5.74, 6) is 0. The molecular weight excluding hydrogens is 355 g/mol. The van der Waals surface area contributed by atoms with Crippen LogP contribution in [0.3, 0.4) is 0 Å². The molecule has 1 aromatic heterocycles. The molecule has 1 aromatic carbocycles. The number of non-ortho nitro benzene ring substituents is 1. The topological polar surface area (TPSA) is 47.0 Å². The van der Waals surface area contributed by atoms with E-state index >= 15 is 0 Å². The van der Waals surface area contributed by atoms with Crippen molar-refractivity contribution in [3.8, 4) is 0 Å². The van der Waals surface area contributed by atoms with Gasteiger partial charge in [0, 0.05) is 30.3 Å². The molecule has 0 saturated carbocycles. The van der Waals surface area contributed by atoms with Crippen molar-refractivity contribution in [2.24, 2.45) is 7.05 Å². The molecule has 98 valence electrons. The van der Waals surface area contributed by atoms with Crippen LogP contribution >= 0.6 is 0 Å². The van der Waals surface area contributed by atoms with E-state index in [1.807, 2.05) is 48.2 Å². The Bertz CT molecular complexity index is 595. The molecule has 0 radical (unpaired) electrons. The lowest BCUT2D eigenvalue weighted by Gasteiger charge is -1.94. The Morgan fingerprint density at radius 1 is 1.11 bits per heavy atom. The fraction of sp³-hybridized carbons (Fsp3) is 0.0714. The zero-order chi connectivity index (χ0) is 13.0. The predicted molar refractivity (Wildman–Crippen MR) is 69.6 cm³/mol. The predicted octanol–water partition coefficient (Wildman–Crippen LogP) is -0.406. The third-order valence-corrected chi connectivity index (χ3v) is 2.65. The summed E-state index contributed by atoms with van der Waals surface area (Å²) in [6, 6.07) is 12.4. The van der Waals surface area contributed by atoms with Crippen LogP contribution in [0.25, 0.3) is 12.2 Å². The van der Waals surface area contributed by atoms with E-state index < -0.39 is 4.92 Å². The number of aromatic nitrogens is 1. The van der Waals surface area contributed by atoms with Crippen LogP contribution in [0.2, 0.25) is 0 Å². The van der Waals surface area contributed by atoms with Crippen LogP contribution in [0.4, 0.5) is 5.69 Å². The SMILES string of the molecule is C[n+]1ccccc1/C=C/c1ccc([N+](=O)[O-])cc1.[I-]. The van der Waals surface area contributed by atoms with Crippen molar-refractivity contribution in [1.29, 1.82) is 0 Å². The average Bonchev–Trinajstić information content (AvgIpc) is 2.38. The minimum Gasteiger partial charge on any atom is -1.00 e. The summed E-state index contributed by atoms with van der Waals surface area (Å²) in [4.78, 5) is 10.1. The van der Waals surface area contributed by atoms with Gasteiger partial charge in [-0.3, -0.25) is 10.1 Å². The molecule has 0 N–H and O–H groups in total. The number of nitro groups is 1. The quantitative estimate of drug-likeness (QED) is 0.320. The highest BCUT2D eigenvalue weighted by Gasteiger charge is 2.03. The third-order valence-electron chi connectivity index (χ3n) is 2.65. The van der Waals surface area contributed by atoms with Gasteiger partial charge >= 0.3 is 0 Å². The lowest BCUT2D eigenvalue weighted by Crippen LogP contribution is -3.00. The third kappa shape index (κ3) is 4.13. The molecule has 0 fully saturated rings. The summed E-state index contributed by atoms with van der Waals surface area (Å²) in [5, 5.41) is 10.5. The molecule has 1 heterocycles. The molecule has 0 unspecified atom stereocenters. The van der Waals surface area contributed by atoms with Gasteiger partial charge in [0.15, 0.2) is 6.20 Å². The largest absolute Gasteiger partial charge is 1.00 e. The molecule has 0 aliphatic heterocycles. The maximum absolute atomic E-state index is 10.5. The highest BCUT2D eigenvalue weighted by atomic mass is 127. The number of nitro benzene ring substituents is 1. The van der Waals surface area contributed by atoms with E-state index in [0.29, 0.717) is 0 Å². The summed E-state index contributed by atoms with van der Waals surface area (Å²) in [6.45, 7) is 0. The number of rotatable bonds is 3. The second-order valence-corrected chi connectivity index (χ2v) is 3.92. The molecule has 4 nitrogen and oxygen atoms in total. The van der Waals surface area contributed by atoms with E-state index in [-0.39, 0.29) is 29.7 Å². The van der Waals surface area contributed by atoms with Crippen molar-refractivity contribution in [3.05, 3.63) is 70.0 Å². The molecule has 0 aliphatic carbocycles. The second kappa shape index (κ2) is 6.98. The Morgan fingerprint density at radius 3 is 2.37 bits per heavy atom. The Labute approximate surface area is 128 Å². The highest BCUT2D eigenvalue weighted by molar-refractivity contribution is 5.67. The number of halogens is 1. The minimum atomic E-state index is -0.398.